The fourth-order valence-corrected chi connectivity index (χ4v) is 3.31. The highest BCUT2D eigenvalue weighted by Crippen LogP contribution is 2.20. The van der Waals surface area contributed by atoms with Gasteiger partial charge >= 0.3 is 0 Å². The molecule has 7 nitrogen and oxygen atoms in total. The van der Waals surface area contributed by atoms with Crippen molar-refractivity contribution >= 4 is 5.84 Å². The fraction of sp³-hybridized carbons (Fsp3) is 0.304. The minimum absolute atomic E-state index is 0.160. The van der Waals surface area contributed by atoms with Gasteiger partial charge in [0, 0.05) is 36.8 Å². The number of ether oxygens (including phenoxy) is 1. The first-order chi connectivity index (χ1) is 14.7. The fourth-order valence-electron chi connectivity index (χ4n) is 3.31. The molecule has 1 fully saturated rings. The van der Waals surface area contributed by atoms with Crippen LogP contribution < -0.4 is 5.73 Å². The molecule has 3 aromatic rings. The number of benzene rings is 2. The van der Waals surface area contributed by atoms with E-state index in [1.807, 2.05) is 55.5 Å². The molecule has 1 aliphatic heterocycles. The minimum atomic E-state index is 0.160. The molecule has 0 spiro atoms. The largest absolute Gasteiger partial charge is 0.386 e. The van der Waals surface area contributed by atoms with E-state index in [1.165, 1.54) is 11.1 Å². The van der Waals surface area contributed by atoms with Gasteiger partial charge in [-0.2, -0.15) is 0 Å². The molecule has 7 heteroatoms. The predicted molar refractivity (Wildman–Crippen MR) is 115 cm³/mol. The van der Waals surface area contributed by atoms with Crippen LogP contribution in [0.25, 0.3) is 11.3 Å². The van der Waals surface area contributed by atoms with E-state index in [9.17, 15) is 0 Å². The number of hydrogen-bond acceptors (Lipinski definition) is 6. The van der Waals surface area contributed by atoms with Gasteiger partial charge in [0.15, 0.2) is 18.2 Å². The molecule has 2 heterocycles. The van der Waals surface area contributed by atoms with Crippen molar-refractivity contribution in [2.24, 2.45) is 10.9 Å². The Labute approximate surface area is 176 Å². The molecule has 0 unspecified atom stereocenters. The van der Waals surface area contributed by atoms with Crippen molar-refractivity contribution in [1.29, 1.82) is 0 Å². The summed E-state index contributed by atoms with van der Waals surface area (Å²) in [7, 11) is 0. The normalized spacial score (nSPS) is 15.3. The van der Waals surface area contributed by atoms with Gasteiger partial charge in [0.25, 0.3) is 0 Å². The Bertz CT molecular complexity index is 992. The van der Waals surface area contributed by atoms with E-state index in [0.717, 1.165) is 49.7 Å². The number of nitrogens with two attached hydrogens (primary N) is 1. The number of aryl methyl sites for hydroxylation is 1. The molecule has 0 bridgehead atoms. The SMILES string of the molecule is Cc1ccc(-c2cc(CO/N=C(/N)c3cccc(CN4CCOCC4)c3)on2)cc1. The average Bonchev–Trinajstić information content (AvgIpc) is 3.24. The molecule has 1 aromatic heterocycles. The lowest BCUT2D eigenvalue weighted by Crippen LogP contribution is -2.35. The maximum atomic E-state index is 6.12. The molecular weight excluding hydrogens is 380 g/mol. The van der Waals surface area contributed by atoms with Crippen molar-refractivity contribution in [3.05, 3.63) is 77.0 Å². The van der Waals surface area contributed by atoms with E-state index in [1.54, 1.807) is 0 Å². The zero-order chi connectivity index (χ0) is 20.8. The van der Waals surface area contributed by atoms with Gasteiger partial charge in [-0.1, -0.05) is 58.3 Å². The van der Waals surface area contributed by atoms with Gasteiger partial charge < -0.3 is 19.8 Å². The molecule has 0 amide bonds. The first-order valence-electron chi connectivity index (χ1n) is 10.0. The van der Waals surface area contributed by atoms with Crippen LogP contribution in [-0.4, -0.2) is 42.2 Å². The highest BCUT2D eigenvalue weighted by atomic mass is 16.6. The number of morpholine rings is 1. The minimum Gasteiger partial charge on any atom is -0.386 e. The second-order valence-electron chi connectivity index (χ2n) is 7.38. The molecule has 0 saturated carbocycles. The molecule has 1 aliphatic rings. The molecule has 156 valence electrons. The summed E-state index contributed by atoms with van der Waals surface area (Å²) in [4.78, 5) is 7.76. The lowest BCUT2D eigenvalue weighted by atomic mass is 10.1. The lowest BCUT2D eigenvalue weighted by molar-refractivity contribution is 0.0342. The van der Waals surface area contributed by atoms with Crippen molar-refractivity contribution in [3.63, 3.8) is 0 Å². The van der Waals surface area contributed by atoms with Crippen molar-refractivity contribution in [2.75, 3.05) is 26.3 Å². The third-order valence-corrected chi connectivity index (χ3v) is 5.01. The van der Waals surface area contributed by atoms with Gasteiger partial charge in [0.2, 0.25) is 0 Å². The van der Waals surface area contributed by atoms with Crippen LogP contribution in [0, 0.1) is 6.92 Å². The smallest absolute Gasteiger partial charge is 0.177 e. The maximum absolute atomic E-state index is 6.12. The summed E-state index contributed by atoms with van der Waals surface area (Å²) in [5.74, 6) is 0.917. The zero-order valence-corrected chi connectivity index (χ0v) is 17.1. The Morgan fingerprint density at radius 2 is 1.93 bits per heavy atom. The van der Waals surface area contributed by atoms with E-state index < -0.39 is 0 Å². The van der Waals surface area contributed by atoms with Gasteiger partial charge in [0.05, 0.1) is 13.2 Å². The van der Waals surface area contributed by atoms with Gasteiger partial charge in [0.1, 0.15) is 5.69 Å². The van der Waals surface area contributed by atoms with Crippen LogP contribution in [0.1, 0.15) is 22.5 Å². The molecule has 30 heavy (non-hydrogen) atoms. The van der Waals surface area contributed by atoms with E-state index in [4.69, 9.17) is 19.8 Å². The van der Waals surface area contributed by atoms with Gasteiger partial charge in [-0.25, -0.2) is 0 Å². The molecule has 2 aromatic carbocycles. The first kappa shape index (κ1) is 20.1. The number of nitrogens with zero attached hydrogens (tertiary/aromatic N) is 3. The van der Waals surface area contributed by atoms with E-state index in [-0.39, 0.29) is 6.61 Å². The zero-order valence-electron chi connectivity index (χ0n) is 17.1. The molecule has 0 aliphatic carbocycles. The summed E-state index contributed by atoms with van der Waals surface area (Å²) in [6.07, 6.45) is 0. The van der Waals surface area contributed by atoms with Crippen LogP contribution in [0.3, 0.4) is 0 Å². The number of rotatable bonds is 7. The summed E-state index contributed by atoms with van der Waals surface area (Å²) < 4.78 is 10.7. The predicted octanol–water partition coefficient (Wildman–Crippen LogP) is 3.32. The van der Waals surface area contributed by atoms with Gasteiger partial charge in [-0.05, 0) is 18.6 Å². The van der Waals surface area contributed by atoms with Crippen LogP contribution >= 0.6 is 0 Å². The monoisotopic (exact) mass is 406 g/mol. The lowest BCUT2D eigenvalue weighted by Gasteiger charge is -2.26. The Morgan fingerprint density at radius 3 is 2.73 bits per heavy atom. The van der Waals surface area contributed by atoms with E-state index in [0.29, 0.717) is 11.6 Å². The number of aromatic nitrogens is 1. The summed E-state index contributed by atoms with van der Waals surface area (Å²) in [5, 5.41) is 8.14. The van der Waals surface area contributed by atoms with Crippen molar-refractivity contribution in [2.45, 2.75) is 20.1 Å². The van der Waals surface area contributed by atoms with Crippen LogP contribution in [0.15, 0.2) is 64.3 Å². The summed E-state index contributed by atoms with van der Waals surface area (Å²) >= 11 is 0. The summed E-state index contributed by atoms with van der Waals surface area (Å²) in [6.45, 7) is 6.52. The standard InChI is InChI=1S/C23H26N4O3/c1-17-5-7-19(8-6-17)22-14-21(30-25-22)16-29-26-23(24)20-4-2-3-18(13-20)15-27-9-11-28-12-10-27/h2-8,13-14H,9-12,15-16H2,1H3,(H2,24,26). The molecule has 0 atom stereocenters. The quantitative estimate of drug-likeness (QED) is 0.368. The maximum Gasteiger partial charge on any atom is 0.177 e. The number of oxime groups is 1. The Kier molecular flexibility index (Phi) is 6.41. The molecule has 1 saturated heterocycles. The van der Waals surface area contributed by atoms with Gasteiger partial charge in [-0.3, -0.25) is 4.90 Å². The second-order valence-corrected chi connectivity index (χ2v) is 7.38. The van der Waals surface area contributed by atoms with Gasteiger partial charge in [-0.15, -0.1) is 0 Å². The van der Waals surface area contributed by atoms with Crippen molar-refractivity contribution in [3.8, 4) is 11.3 Å². The van der Waals surface area contributed by atoms with Crippen molar-refractivity contribution in [1.82, 2.24) is 10.1 Å². The Morgan fingerprint density at radius 1 is 1.13 bits per heavy atom. The van der Waals surface area contributed by atoms with Crippen LogP contribution in [-0.2, 0) is 22.7 Å². The highest BCUT2D eigenvalue weighted by Gasteiger charge is 2.11. The second kappa shape index (κ2) is 9.56. The van der Waals surface area contributed by atoms with Crippen LogP contribution in [0.5, 0.6) is 0 Å². The first-order valence-corrected chi connectivity index (χ1v) is 10.0. The molecule has 2 N–H and O–H groups in total. The van der Waals surface area contributed by atoms with Crippen LogP contribution in [0.4, 0.5) is 0 Å². The Hall–Kier alpha value is -3.16. The molecular formula is C23H26N4O3. The molecule has 4 rings (SSSR count). The molecule has 0 radical (unpaired) electrons. The summed E-state index contributed by atoms with van der Waals surface area (Å²) in [6, 6.07) is 18.0. The summed E-state index contributed by atoms with van der Waals surface area (Å²) in [5.41, 5.74) is 11.1. The Balaban J connectivity index is 1.34. The highest BCUT2D eigenvalue weighted by molar-refractivity contribution is 5.97. The van der Waals surface area contributed by atoms with E-state index in [2.05, 4.69) is 21.3 Å². The van der Waals surface area contributed by atoms with Crippen LogP contribution in [0.2, 0.25) is 0 Å². The number of hydrogen-bond donors (Lipinski definition) is 1. The van der Waals surface area contributed by atoms with Crippen molar-refractivity contribution < 1.29 is 14.1 Å². The third-order valence-electron chi connectivity index (χ3n) is 5.01. The van der Waals surface area contributed by atoms with E-state index >= 15 is 0 Å². The topological polar surface area (TPSA) is 86.1 Å². The average molecular weight is 406 g/mol. The number of amidine groups is 1. The third kappa shape index (κ3) is 5.25.